The maximum atomic E-state index is 11.4. The summed E-state index contributed by atoms with van der Waals surface area (Å²) in [6.07, 6.45) is -2.35. The molecule has 0 spiro atoms. The second kappa shape index (κ2) is 5.27. The third kappa shape index (κ3) is 2.70. The number of aliphatic carboxylic acids is 1. The molecule has 0 aromatic heterocycles. The van der Waals surface area contributed by atoms with Crippen LogP contribution in [-0.2, 0) is 14.3 Å². The fraction of sp³-hybridized carbons (Fsp3) is 0.800. The lowest BCUT2D eigenvalue weighted by Gasteiger charge is -2.33. The Bertz CT molecular complexity index is 276. The second-order valence-electron chi connectivity index (χ2n) is 3.91. The van der Waals surface area contributed by atoms with Crippen molar-refractivity contribution in [1.82, 2.24) is 0 Å². The van der Waals surface area contributed by atoms with Gasteiger partial charge in [-0.1, -0.05) is 0 Å². The van der Waals surface area contributed by atoms with Gasteiger partial charge in [0.25, 0.3) is 0 Å². The molecule has 0 aromatic rings. The number of ether oxygens (including phenoxy) is 1. The van der Waals surface area contributed by atoms with Crippen molar-refractivity contribution in [3.8, 4) is 0 Å². The van der Waals surface area contributed by atoms with Gasteiger partial charge in [0.05, 0.1) is 30.7 Å². The van der Waals surface area contributed by atoms with E-state index in [1.54, 1.807) is 6.92 Å². The maximum Gasteiger partial charge on any atom is 0.311 e. The van der Waals surface area contributed by atoms with Gasteiger partial charge < -0.3 is 20.1 Å². The van der Waals surface area contributed by atoms with Gasteiger partial charge in [-0.25, -0.2) is 0 Å². The predicted molar refractivity (Wildman–Crippen MR) is 52.5 cm³/mol. The Labute approximate surface area is 92.8 Å². The first-order valence-electron chi connectivity index (χ1n) is 5.23. The molecule has 1 aliphatic carbocycles. The van der Waals surface area contributed by atoms with E-state index in [0.717, 1.165) is 0 Å². The Kier molecular flexibility index (Phi) is 4.26. The van der Waals surface area contributed by atoms with Gasteiger partial charge in [0, 0.05) is 6.42 Å². The van der Waals surface area contributed by atoms with Crippen LogP contribution in [-0.4, -0.2) is 46.1 Å². The number of aliphatic hydroxyl groups excluding tert-OH is 2. The average Bonchev–Trinajstić information content (AvgIpc) is 2.17. The molecule has 1 aliphatic rings. The second-order valence-corrected chi connectivity index (χ2v) is 3.91. The molecule has 0 bridgehead atoms. The van der Waals surface area contributed by atoms with Gasteiger partial charge in [-0.2, -0.15) is 0 Å². The van der Waals surface area contributed by atoms with Crippen LogP contribution in [0.4, 0.5) is 0 Å². The van der Waals surface area contributed by atoms with E-state index >= 15 is 0 Å². The SMILES string of the molecule is CCOC(=O)C1CC(C(=O)O)C(O)CC1O. The largest absolute Gasteiger partial charge is 0.481 e. The molecule has 6 nitrogen and oxygen atoms in total. The fourth-order valence-corrected chi connectivity index (χ4v) is 1.93. The molecule has 3 N–H and O–H groups in total. The molecule has 0 heterocycles. The van der Waals surface area contributed by atoms with E-state index in [-0.39, 0.29) is 19.4 Å². The van der Waals surface area contributed by atoms with Crippen LogP contribution in [0, 0.1) is 11.8 Å². The number of rotatable bonds is 3. The van der Waals surface area contributed by atoms with Gasteiger partial charge >= 0.3 is 11.9 Å². The summed E-state index contributed by atoms with van der Waals surface area (Å²) in [6, 6.07) is 0. The lowest BCUT2D eigenvalue weighted by Crippen LogP contribution is -2.45. The Morgan fingerprint density at radius 1 is 1.19 bits per heavy atom. The molecular weight excluding hydrogens is 216 g/mol. The smallest absolute Gasteiger partial charge is 0.311 e. The van der Waals surface area contributed by atoms with E-state index in [9.17, 15) is 19.8 Å². The minimum Gasteiger partial charge on any atom is -0.481 e. The number of carboxylic acid groups (broad SMARTS) is 1. The minimum atomic E-state index is -1.16. The van der Waals surface area contributed by atoms with Gasteiger partial charge in [0.2, 0.25) is 0 Å². The molecule has 4 atom stereocenters. The van der Waals surface area contributed by atoms with Crippen molar-refractivity contribution < 1.29 is 29.6 Å². The van der Waals surface area contributed by atoms with Crippen molar-refractivity contribution >= 4 is 11.9 Å². The Morgan fingerprint density at radius 2 is 1.75 bits per heavy atom. The van der Waals surface area contributed by atoms with Gasteiger partial charge in [-0.05, 0) is 13.3 Å². The lowest BCUT2D eigenvalue weighted by atomic mass is 9.77. The van der Waals surface area contributed by atoms with Crippen molar-refractivity contribution in [3.63, 3.8) is 0 Å². The monoisotopic (exact) mass is 232 g/mol. The summed E-state index contributed by atoms with van der Waals surface area (Å²) in [6.45, 7) is 1.82. The molecule has 1 rings (SSSR count). The van der Waals surface area contributed by atoms with E-state index < -0.39 is 36.0 Å². The molecule has 0 aromatic carbocycles. The van der Waals surface area contributed by atoms with Crippen LogP contribution in [0.5, 0.6) is 0 Å². The van der Waals surface area contributed by atoms with Gasteiger partial charge in [0.1, 0.15) is 0 Å². The van der Waals surface area contributed by atoms with Crippen LogP contribution in [0.15, 0.2) is 0 Å². The van der Waals surface area contributed by atoms with Crippen LogP contribution < -0.4 is 0 Å². The fourth-order valence-electron chi connectivity index (χ4n) is 1.93. The third-order valence-electron chi connectivity index (χ3n) is 2.83. The van der Waals surface area contributed by atoms with Crippen molar-refractivity contribution in [2.75, 3.05) is 6.61 Å². The summed E-state index contributed by atoms with van der Waals surface area (Å²) in [4.78, 5) is 22.2. The Balaban J connectivity index is 2.71. The van der Waals surface area contributed by atoms with Crippen LogP contribution in [0.1, 0.15) is 19.8 Å². The standard InChI is InChI=1S/C10H16O6/c1-2-16-10(15)6-3-5(9(13)14)7(11)4-8(6)12/h5-8,11-12H,2-4H2,1H3,(H,13,14). The van der Waals surface area contributed by atoms with Crippen LogP contribution in [0.3, 0.4) is 0 Å². The van der Waals surface area contributed by atoms with Crippen molar-refractivity contribution in [2.24, 2.45) is 11.8 Å². The average molecular weight is 232 g/mol. The first-order valence-corrected chi connectivity index (χ1v) is 5.23. The zero-order valence-corrected chi connectivity index (χ0v) is 9.00. The van der Waals surface area contributed by atoms with E-state index in [4.69, 9.17) is 9.84 Å². The molecule has 0 amide bonds. The van der Waals surface area contributed by atoms with Gasteiger partial charge in [-0.3, -0.25) is 9.59 Å². The number of hydrogen-bond acceptors (Lipinski definition) is 5. The van der Waals surface area contributed by atoms with Crippen molar-refractivity contribution in [2.45, 2.75) is 32.0 Å². The van der Waals surface area contributed by atoms with E-state index in [0.29, 0.717) is 0 Å². The van der Waals surface area contributed by atoms with Gasteiger partial charge in [-0.15, -0.1) is 0 Å². The number of carbonyl (C=O) groups is 2. The number of hydrogen-bond donors (Lipinski definition) is 3. The molecule has 1 fully saturated rings. The molecule has 4 unspecified atom stereocenters. The van der Waals surface area contributed by atoms with Crippen LogP contribution in [0.2, 0.25) is 0 Å². The summed E-state index contributed by atoms with van der Waals surface area (Å²) < 4.78 is 4.74. The molecule has 92 valence electrons. The maximum absolute atomic E-state index is 11.4. The highest BCUT2D eigenvalue weighted by atomic mass is 16.5. The molecule has 1 saturated carbocycles. The number of aliphatic hydroxyl groups is 2. The highest BCUT2D eigenvalue weighted by molar-refractivity contribution is 5.76. The molecule has 6 heteroatoms. The summed E-state index contributed by atoms with van der Waals surface area (Å²) >= 11 is 0. The highest BCUT2D eigenvalue weighted by Crippen LogP contribution is 2.30. The predicted octanol–water partition coefficient (Wildman–Crippen LogP) is -0.618. The zero-order valence-electron chi connectivity index (χ0n) is 9.00. The quantitative estimate of drug-likeness (QED) is 0.560. The molecule has 16 heavy (non-hydrogen) atoms. The number of carbonyl (C=O) groups excluding carboxylic acids is 1. The van der Waals surface area contributed by atoms with E-state index in [1.807, 2.05) is 0 Å². The molecule has 0 aliphatic heterocycles. The minimum absolute atomic E-state index is 0.0868. The highest BCUT2D eigenvalue weighted by Gasteiger charge is 2.42. The lowest BCUT2D eigenvalue weighted by molar-refractivity contribution is -0.163. The topological polar surface area (TPSA) is 104 Å². The van der Waals surface area contributed by atoms with Crippen LogP contribution in [0.25, 0.3) is 0 Å². The van der Waals surface area contributed by atoms with Crippen molar-refractivity contribution in [1.29, 1.82) is 0 Å². The molecule has 0 saturated heterocycles. The molecule has 0 radical (unpaired) electrons. The Hall–Kier alpha value is -1.14. The summed E-state index contributed by atoms with van der Waals surface area (Å²) in [5, 5.41) is 27.9. The normalized spacial score (nSPS) is 34.4. The van der Waals surface area contributed by atoms with E-state index in [1.165, 1.54) is 0 Å². The summed E-state index contributed by atoms with van der Waals surface area (Å²) in [7, 11) is 0. The van der Waals surface area contributed by atoms with Gasteiger partial charge in [0.15, 0.2) is 0 Å². The number of esters is 1. The summed E-state index contributed by atoms with van der Waals surface area (Å²) in [5.41, 5.74) is 0. The first kappa shape index (κ1) is 12.9. The van der Waals surface area contributed by atoms with Crippen LogP contribution >= 0.6 is 0 Å². The number of carboxylic acids is 1. The summed E-state index contributed by atoms with van der Waals surface area (Å²) in [5.74, 6) is -3.64. The molecular formula is C10H16O6. The zero-order chi connectivity index (χ0) is 12.3. The Morgan fingerprint density at radius 3 is 2.25 bits per heavy atom. The third-order valence-corrected chi connectivity index (χ3v) is 2.83. The first-order chi connectivity index (χ1) is 7.47. The van der Waals surface area contributed by atoms with E-state index in [2.05, 4.69) is 0 Å². The van der Waals surface area contributed by atoms with Crippen molar-refractivity contribution in [3.05, 3.63) is 0 Å².